The molecule has 2 aromatic heterocycles. The normalized spacial score (nSPS) is 10.5. The third-order valence-electron chi connectivity index (χ3n) is 5.17. The molecule has 2 heterocycles. The number of carbonyl (C=O) groups is 2. The van der Waals surface area contributed by atoms with Gasteiger partial charge < -0.3 is 21.5 Å². The van der Waals surface area contributed by atoms with Crippen LogP contribution >= 0.6 is 27.3 Å². The molecule has 4 rings (SSSR count). The number of nitrogens with two attached hydrogens (primary N) is 1. The molecule has 0 bridgehead atoms. The maximum Gasteiger partial charge on any atom is 0.266 e. The number of pyridine rings is 1. The molecular weight excluding hydrogens is 542 g/mol. The molecule has 180 valence electrons. The van der Waals surface area contributed by atoms with E-state index in [-0.39, 0.29) is 36.0 Å². The Kier molecular flexibility index (Phi) is 7.75. The number of nitrogens with one attached hydrogen (secondary N) is 2. The van der Waals surface area contributed by atoms with Crippen LogP contribution in [0, 0.1) is 11.3 Å². The molecule has 4 aromatic rings. The van der Waals surface area contributed by atoms with Crippen molar-refractivity contribution >= 4 is 50.6 Å². The second-order valence-corrected chi connectivity index (χ2v) is 9.51. The first-order chi connectivity index (χ1) is 17.4. The summed E-state index contributed by atoms with van der Waals surface area (Å²) >= 11 is 4.59. The number of phenols is 1. The van der Waals surface area contributed by atoms with Gasteiger partial charge in [0.2, 0.25) is 5.91 Å². The maximum absolute atomic E-state index is 12.8. The largest absolute Gasteiger partial charge is 0.507 e. The van der Waals surface area contributed by atoms with Crippen molar-refractivity contribution in [2.24, 2.45) is 5.73 Å². The zero-order chi connectivity index (χ0) is 25.7. The van der Waals surface area contributed by atoms with Gasteiger partial charge in [-0.25, -0.2) is 4.98 Å². The van der Waals surface area contributed by atoms with Crippen molar-refractivity contribution in [1.29, 1.82) is 5.26 Å². The second-order valence-electron chi connectivity index (χ2n) is 7.65. The van der Waals surface area contributed by atoms with Gasteiger partial charge in [0.15, 0.2) is 5.82 Å². The van der Waals surface area contributed by atoms with Crippen molar-refractivity contribution in [2.45, 2.75) is 6.42 Å². The number of nitriles is 1. The summed E-state index contributed by atoms with van der Waals surface area (Å²) in [6.45, 7) is 0.224. The summed E-state index contributed by atoms with van der Waals surface area (Å²) in [7, 11) is 0. The third-order valence-corrected chi connectivity index (χ3v) is 6.53. The summed E-state index contributed by atoms with van der Waals surface area (Å²) < 4.78 is 0.685. The summed E-state index contributed by atoms with van der Waals surface area (Å²) in [5, 5.41) is 27.9. The van der Waals surface area contributed by atoms with Crippen LogP contribution in [0.25, 0.3) is 22.4 Å². The molecule has 10 heteroatoms. The fourth-order valence-electron chi connectivity index (χ4n) is 3.53. The van der Waals surface area contributed by atoms with Crippen LogP contribution < -0.4 is 16.4 Å². The SMILES string of the molecule is N#Cc1c(-c2cccc(NC(=O)CCN)c2)cc(-c2ccc(Br)cc2O)nc1NC(=O)c1cccs1. The molecular formula is C26H20BrN5O3S. The quantitative estimate of drug-likeness (QED) is 0.239. The molecule has 0 aliphatic heterocycles. The standard InChI is InChI=1S/C26H20BrN5O3S/c27-16-6-7-18(22(33)12-16)21-13-19(15-3-1-4-17(11-15)30-24(34)8-9-28)20(14-29)25(31-21)32-26(35)23-5-2-10-36-23/h1-7,10-13,33H,8-9,28H2,(H,30,34)(H,31,32,35). The molecule has 0 spiro atoms. The van der Waals surface area contributed by atoms with E-state index >= 15 is 0 Å². The first-order valence-electron chi connectivity index (χ1n) is 10.8. The predicted molar refractivity (Wildman–Crippen MR) is 144 cm³/mol. The van der Waals surface area contributed by atoms with Crippen LogP contribution in [-0.2, 0) is 4.79 Å². The number of amides is 2. The Morgan fingerprint density at radius 2 is 1.92 bits per heavy atom. The second kappa shape index (κ2) is 11.1. The summed E-state index contributed by atoms with van der Waals surface area (Å²) in [4.78, 5) is 29.9. The Morgan fingerprint density at radius 3 is 2.61 bits per heavy atom. The van der Waals surface area contributed by atoms with Crippen LogP contribution in [0.1, 0.15) is 21.7 Å². The summed E-state index contributed by atoms with van der Waals surface area (Å²) in [6.07, 6.45) is 0.175. The number of phenolic OH excluding ortho intramolecular Hbond substituents is 1. The number of rotatable bonds is 7. The Bertz CT molecular complexity index is 1480. The van der Waals surface area contributed by atoms with Gasteiger partial charge in [-0.3, -0.25) is 9.59 Å². The molecule has 5 N–H and O–H groups in total. The van der Waals surface area contributed by atoms with E-state index in [0.29, 0.717) is 37.4 Å². The molecule has 2 amide bonds. The molecule has 0 aliphatic rings. The first-order valence-corrected chi connectivity index (χ1v) is 12.5. The van der Waals surface area contributed by atoms with E-state index < -0.39 is 5.91 Å². The lowest BCUT2D eigenvalue weighted by atomic mass is 9.97. The van der Waals surface area contributed by atoms with E-state index in [0.717, 1.165) is 0 Å². The number of hydrogen-bond donors (Lipinski definition) is 4. The van der Waals surface area contributed by atoms with Crippen molar-refractivity contribution in [1.82, 2.24) is 4.98 Å². The molecule has 0 radical (unpaired) electrons. The minimum Gasteiger partial charge on any atom is -0.507 e. The van der Waals surface area contributed by atoms with Crippen LogP contribution in [0.2, 0.25) is 0 Å². The summed E-state index contributed by atoms with van der Waals surface area (Å²) in [5.41, 5.74) is 8.00. The Hall–Kier alpha value is -4.04. The zero-order valence-corrected chi connectivity index (χ0v) is 21.2. The van der Waals surface area contributed by atoms with Crippen molar-refractivity contribution in [3.05, 3.63) is 81.0 Å². The first kappa shape index (κ1) is 25.1. The topological polar surface area (TPSA) is 141 Å². The predicted octanol–water partition coefficient (Wildman–Crippen LogP) is 5.36. The minimum absolute atomic E-state index is 0.0223. The highest BCUT2D eigenvalue weighted by Gasteiger charge is 2.20. The molecule has 0 atom stereocenters. The molecule has 2 aromatic carbocycles. The number of carbonyl (C=O) groups excluding carboxylic acids is 2. The molecule has 0 fully saturated rings. The van der Waals surface area contributed by atoms with Gasteiger partial charge in [0.25, 0.3) is 5.91 Å². The van der Waals surface area contributed by atoms with E-state index in [1.807, 2.05) is 0 Å². The highest BCUT2D eigenvalue weighted by molar-refractivity contribution is 9.10. The Morgan fingerprint density at radius 1 is 1.08 bits per heavy atom. The van der Waals surface area contributed by atoms with E-state index in [9.17, 15) is 20.0 Å². The number of anilines is 2. The van der Waals surface area contributed by atoms with Gasteiger partial charge in [-0.05, 0) is 53.4 Å². The van der Waals surface area contributed by atoms with Gasteiger partial charge in [0.05, 0.1) is 10.6 Å². The number of aromatic hydroxyl groups is 1. The smallest absolute Gasteiger partial charge is 0.266 e. The van der Waals surface area contributed by atoms with Crippen LogP contribution in [0.5, 0.6) is 5.75 Å². The Labute approximate surface area is 219 Å². The number of thiophene rings is 1. The van der Waals surface area contributed by atoms with Crippen molar-refractivity contribution in [3.63, 3.8) is 0 Å². The number of hydrogen-bond acceptors (Lipinski definition) is 7. The number of benzene rings is 2. The van der Waals surface area contributed by atoms with E-state index in [4.69, 9.17) is 5.73 Å². The van der Waals surface area contributed by atoms with E-state index in [1.54, 1.807) is 60.0 Å². The summed E-state index contributed by atoms with van der Waals surface area (Å²) in [5.74, 6) is -0.594. The molecule has 0 unspecified atom stereocenters. The summed E-state index contributed by atoms with van der Waals surface area (Å²) in [6, 6.07) is 19.2. The van der Waals surface area contributed by atoms with Crippen molar-refractivity contribution < 1.29 is 14.7 Å². The van der Waals surface area contributed by atoms with E-state index in [1.165, 1.54) is 17.4 Å². The van der Waals surface area contributed by atoms with Crippen LogP contribution in [-0.4, -0.2) is 28.4 Å². The monoisotopic (exact) mass is 561 g/mol. The van der Waals surface area contributed by atoms with Gasteiger partial charge in [0, 0.05) is 34.3 Å². The number of aromatic nitrogens is 1. The highest BCUT2D eigenvalue weighted by atomic mass is 79.9. The lowest BCUT2D eigenvalue weighted by molar-refractivity contribution is -0.116. The molecule has 0 aliphatic carbocycles. The Balaban J connectivity index is 1.86. The maximum atomic E-state index is 12.8. The van der Waals surface area contributed by atoms with Crippen molar-refractivity contribution in [3.8, 4) is 34.2 Å². The molecule has 0 saturated carbocycles. The fourth-order valence-corrected chi connectivity index (χ4v) is 4.50. The van der Waals surface area contributed by atoms with Gasteiger partial charge in [-0.2, -0.15) is 5.26 Å². The fraction of sp³-hybridized carbons (Fsp3) is 0.0769. The highest BCUT2D eigenvalue weighted by Crippen LogP contribution is 2.37. The molecule has 0 saturated heterocycles. The molecule has 36 heavy (non-hydrogen) atoms. The lowest BCUT2D eigenvalue weighted by Crippen LogP contribution is -2.16. The van der Waals surface area contributed by atoms with Gasteiger partial charge in [0.1, 0.15) is 17.4 Å². The van der Waals surface area contributed by atoms with Gasteiger partial charge in [-0.15, -0.1) is 11.3 Å². The van der Waals surface area contributed by atoms with Crippen LogP contribution in [0.15, 0.2) is 70.5 Å². The average molecular weight is 562 g/mol. The molecule has 8 nitrogen and oxygen atoms in total. The zero-order valence-electron chi connectivity index (χ0n) is 18.8. The van der Waals surface area contributed by atoms with Gasteiger partial charge in [-0.1, -0.05) is 34.1 Å². The number of halogens is 1. The van der Waals surface area contributed by atoms with Crippen LogP contribution in [0.4, 0.5) is 11.5 Å². The van der Waals surface area contributed by atoms with Crippen molar-refractivity contribution in [2.75, 3.05) is 17.2 Å². The lowest BCUT2D eigenvalue weighted by Gasteiger charge is -2.15. The van der Waals surface area contributed by atoms with Crippen LogP contribution in [0.3, 0.4) is 0 Å². The number of nitrogens with zero attached hydrogens (tertiary/aromatic N) is 2. The average Bonchev–Trinajstić information content (AvgIpc) is 3.39. The van der Waals surface area contributed by atoms with Gasteiger partial charge >= 0.3 is 0 Å². The minimum atomic E-state index is -0.403. The third kappa shape index (κ3) is 5.60. The van der Waals surface area contributed by atoms with E-state index in [2.05, 4.69) is 37.6 Å².